The third-order valence-electron chi connectivity index (χ3n) is 4.36. The van der Waals surface area contributed by atoms with E-state index in [-0.39, 0.29) is 11.1 Å². The highest BCUT2D eigenvalue weighted by Crippen LogP contribution is 2.44. The minimum absolute atomic E-state index is 0.0184. The fraction of sp³-hybridized carbons (Fsp3) is 0.444. The Kier molecular flexibility index (Phi) is 4.24. The molecule has 1 heterocycles. The average molecular weight is 297 g/mol. The standard InChI is InChI=1S/C18H20FN3/c1-5-22-17-8-16(19)14(6-13(10-20)11-21)7-15(17)12(2)9-18(22,3)4/h6-8,12H,5,9H2,1-4H3. The maximum Gasteiger partial charge on any atom is 0.132 e. The predicted octanol–water partition coefficient (Wildman–Crippen LogP) is 4.37. The Morgan fingerprint density at radius 2 is 2.05 bits per heavy atom. The number of fused-ring (bicyclic) bond motifs is 1. The molecule has 0 aliphatic carbocycles. The van der Waals surface area contributed by atoms with Crippen molar-refractivity contribution >= 4 is 11.8 Å². The van der Waals surface area contributed by atoms with Crippen LogP contribution in [0.3, 0.4) is 0 Å². The minimum atomic E-state index is -0.398. The zero-order valence-corrected chi connectivity index (χ0v) is 13.4. The van der Waals surface area contributed by atoms with Gasteiger partial charge in [0.05, 0.1) is 0 Å². The molecule has 0 saturated carbocycles. The van der Waals surface area contributed by atoms with E-state index in [9.17, 15) is 4.39 Å². The number of benzene rings is 1. The minimum Gasteiger partial charge on any atom is -0.366 e. The zero-order valence-electron chi connectivity index (χ0n) is 13.4. The van der Waals surface area contributed by atoms with Crippen LogP contribution in [0.25, 0.3) is 6.08 Å². The van der Waals surface area contributed by atoms with Crippen LogP contribution < -0.4 is 4.90 Å². The van der Waals surface area contributed by atoms with E-state index in [0.29, 0.717) is 11.5 Å². The lowest BCUT2D eigenvalue weighted by atomic mass is 9.79. The fourth-order valence-electron chi connectivity index (χ4n) is 3.48. The number of nitriles is 2. The molecular formula is C18H20FN3. The third-order valence-corrected chi connectivity index (χ3v) is 4.36. The summed E-state index contributed by atoms with van der Waals surface area (Å²) in [7, 11) is 0. The van der Waals surface area contributed by atoms with Crippen molar-refractivity contribution in [3.63, 3.8) is 0 Å². The average Bonchev–Trinajstić information content (AvgIpc) is 2.45. The van der Waals surface area contributed by atoms with Crippen molar-refractivity contribution in [2.45, 2.75) is 45.6 Å². The summed E-state index contributed by atoms with van der Waals surface area (Å²) in [5, 5.41) is 17.7. The summed E-state index contributed by atoms with van der Waals surface area (Å²) in [4.78, 5) is 2.22. The number of anilines is 1. The Labute approximate surface area is 131 Å². The number of nitrogens with zero attached hydrogens (tertiary/aromatic N) is 3. The molecule has 0 bridgehead atoms. The highest BCUT2D eigenvalue weighted by Gasteiger charge is 2.36. The maximum absolute atomic E-state index is 14.4. The Balaban J connectivity index is 2.62. The van der Waals surface area contributed by atoms with Gasteiger partial charge in [0.2, 0.25) is 0 Å². The van der Waals surface area contributed by atoms with Gasteiger partial charge in [-0.1, -0.05) is 6.92 Å². The van der Waals surface area contributed by atoms with Gasteiger partial charge >= 0.3 is 0 Å². The quantitative estimate of drug-likeness (QED) is 0.762. The van der Waals surface area contributed by atoms with E-state index < -0.39 is 5.82 Å². The fourth-order valence-corrected chi connectivity index (χ4v) is 3.48. The van der Waals surface area contributed by atoms with Crippen molar-refractivity contribution in [2.75, 3.05) is 11.4 Å². The molecule has 1 aromatic carbocycles. The van der Waals surface area contributed by atoms with Crippen molar-refractivity contribution < 1.29 is 4.39 Å². The van der Waals surface area contributed by atoms with Crippen LogP contribution in [-0.2, 0) is 0 Å². The molecule has 114 valence electrons. The van der Waals surface area contributed by atoms with Gasteiger partial charge in [-0.05, 0) is 56.9 Å². The summed E-state index contributed by atoms with van der Waals surface area (Å²) >= 11 is 0. The molecule has 4 heteroatoms. The summed E-state index contributed by atoms with van der Waals surface area (Å²) in [6.07, 6.45) is 2.30. The molecule has 1 unspecified atom stereocenters. The first kappa shape index (κ1) is 16.0. The Hall–Kier alpha value is -2.33. The SMILES string of the molecule is CCN1c2cc(F)c(C=C(C#N)C#N)cc2C(C)CC1(C)C. The summed E-state index contributed by atoms with van der Waals surface area (Å²) in [5.41, 5.74) is 2.19. The summed E-state index contributed by atoms with van der Waals surface area (Å²) in [6, 6.07) is 6.87. The summed E-state index contributed by atoms with van der Waals surface area (Å²) in [6.45, 7) is 9.35. The molecular weight excluding hydrogens is 277 g/mol. The van der Waals surface area contributed by atoms with E-state index in [2.05, 4.69) is 32.6 Å². The lowest BCUT2D eigenvalue weighted by Gasteiger charge is -2.47. The smallest absolute Gasteiger partial charge is 0.132 e. The van der Waals surface area contributed by atoms with Crippen molar-refractivity contribution in [3.05, 3.63) is 34.6 Å². The van der Waals surface area contributed by atoms with Gasteiger partial charge in [0, 0.05) is 23.3 Å². The number of allylic oxidation sites excluding steroid dienone is 1. The molecule has 1 atom stereocenters. The van der Waals surface area contributed by atoms with E-state index in [1.807, 2.05) is 0 Å². The number of hydrogen-bond donors (Lipinski definition) is 0. The van der Waals surface area contributed by atoms with Gasteiger partial charge in [-0.2, -0.15) is 10.5 Å². The first-order valence-electron chi connectivity index (χ1n) is 7.47. The Bertz CT molecular complexity index is 688. The first-order chi connectivity index (χ1) is 10.3. The van der Waals surface area contributed by atoms with Crippen LogP contribution in [0, 0.1) is 28.5 Å². The molecule has 1 aromatic rings. The van der Waals surface area contributed by atoms with E-state index in [4.69, 9.17) is 10.5 Å². The van der Waals surface area contributed by atoms with Crippen LogP contribution in [-0.4, -0.2) is 12.1 Å². The second-order valence-corrected chi connectivity index (χ2v) is 6.38. The van der Waals surface area contributed by atoms with Gasteiger partial charge in [0.25, 0.3) is 0 Å². The van der Waals surface area contributed by atoms with Gasteiger partial charge in [-0.3, -0.25) is 0 Å². The number of rotatable bonds is 2. The molecule has 0 amide bonds. The predicted molar refractivity (Wildman–Crippen MR) is 85.7 cm³/mol. The molecule has 0 spiro atoms. The summed E-state index contributed by atoms with van der Waals surface area (Å²) in [5.74, 6) is -0.0988. The molecule has 22 heavy (non-hydrogen) atoms. The lowest BCUT2D eigenvalue weighted by Crippen LogP contribution is -2.48. The molecule has 1 aliphatic heterocycles. The molecule has 0 saturated heterocycles. The van der Waals surface area contributed by atoms with Gasteiger partial charge in [-0.25, -0.2) is 4.39 Å². The summed E-state index contributed by atoms with van der Waals surface area (Å²) < 4.78 is 14.4. The van der Waals surface area contributed by atoms with Crippen LogP contribution in [0.5, 0.6) is 0 Å². The van der Waals surface area contributed by atoms with Crippen LogP contribution in [0.4, 0.5) is 10.1 Å². The topological polar surface area (TPSA) is 50.8 Å². The molecule has 2 rings (SSSR count). The molecule has 1 aliphatic rings. The van der Waals surface area contributed by atoms with Crippen molar-refractivity contribution in [1.82, 2.24) is 0 Å². The van der Waals surface area contributed by atoms with Gasteiger partial charge in [-0.15, -0.1) is 0 Å². The van der Waals surface area contributed by atoms with E-state index in [0.717, 1.165) is 24.2 Å². The molecule has 0 N–H and O–H groups in total. The maximum atomic E-state index is 14.4. The highest BCUT2D eigenvalue weighted by molar-refractivity contribution is 5.68. The zero-order chi connectivity index (χ0) is 16.5. The molecule has 0 radical (unpaired) electrons. The van der Waals surface area contributed by atoms with E-state index in [1.54, 1.807) is 18.2 Å². The molecule has 3 nitrogen and oxygen atoms in total. The monoisotopic (exact) mass is 297 g/mol. The largest absolute Gasteiger partial charge is 0.366 e. The second-order valence-electron chi connectivity index (χ2n) is 6.38. The van der Waals surface area contributed by atoms with Gasteiger partial charge in [0.15, 0.2) is 0 Å². The number of halogens is 1. The normalized spacial score (nSPS) is 18.9. The van der Waals surface area contributed by atoms with Crippen LogP contribution in [0.2, 0.25) is 0 Å². The van der Waals surface area contributed by atoms with Crippen molar-refractivity contribution in [3.8, 4) is 12.1 Å². The molecule has 0 fully saturated rings. The van der Waals surface area contributed by atoms with E-state index >= 15 is 0 Å². The molecule has 0 aromatic heterocycles. The first-order valence-corrected chi connectivity index (χ1v) is 7.47. The van der Waals surface area contributed by atoms with Crippen LogP contribution >= 0.6 is 0 Å². The Morgan fingerprint density at radius 3 is 2.59 bits per heavy atom. The van der Waals surface area contributed by atoms with Crippen molar-refractivity contribution in [2.24, 2.45) is 0 Å². The van der Waals surface area contributed by atoms with Gasteiger partial charge in [0.1, 0.15) is 23.5 Å². The number of hydrogen-bond acceptors (Lipinski definition) is 3. The highest BCUT2D eigenvalue weighted by atomic mass is 19.1. The van der Waals surface area contributed by atoms with E-state index in [1.165, 1.54) is 12.1 Å². The van der Waals surface area contributed by atoms with Crippen molar-refractivity contribution in [1.29, 1.82) is 10.5 Å². The van der Waals surface area contributed by atoms with Crippen LogP contribution in [0.1, 0.15) is 51.2 Å². The van der Waals surface area contributed by atoms with Crippen LogP contribution in [0.15, 0.2) is 17.7 Å². The lowest BCUT2D eigenvalue weighted by molar-refractivity contribution is 0.380. The third kappa shape index (κ3) is 2.70. The second kappa shape index (κ2) is 5.81. The Morgan fingerprint density at radius 1 is 1.41 bits per heavy atom. The van der Waals surface area contributed by atoms with Gasteiger partial charge < -0.3 is 4.90 Å².